The normalized spacial score (nSPS) is 14.3. The summed E-state index contributed by atoms with van der Waals surface area (Å²) in [5, 5.41) is 13.6. The third-order valence-electron chi connectivity index (χ3n) is 5.10. The van der Waals surface area contributed by atoms with Crippen LogP contribution in [0.2, 0.25) is 0 Å². The quantitative estimate of drug-likeness (QED) is 0.601. The SMILES string of the molecule is Cc1ncccc1[C@@H](C)OC(=O)Nc1c(-c2ccc(NC(=O)C3COC3)cn2)nnn1C. The summed E-state index contributed by atoms with van der Waals surface area (Å²) < 4.78 is 12.0. The largest absolute Gasteiger partial charge is 0.441 e. The number of rotatable bonds is 6. The number of nitrogens with zero attached hydrogens (tertiary/aromatic N) is 5. The molecule has 0 spiro atoms. The lowest BCUT2D eigenvalue weighted by atomic mass is 10.1. The Morgan fingerprint density at radius 3 is 2.69 bits per heavy atom. The highest BCUT2D eigenvalue weighted by molar-refractivity contribution is 5.93. The lowest BCUT2D eigenvalue weighted by molar-refractivity contribution is -0.133. The molecule has 1 aliphatic heterocycles. The molecule has 2 amide bonds. The smallest absolute Gasteiger partial charge is 0.413 e. The number of pyridine rings is 2. The highest BCUT2D eigenvalue weighted by Crippen LogP contribution is 2.26. The standard InChI is InChI=1S/C21H23N7O4/c1-12-16(5-4-8-22-12)13(2)32-21(30)25-19-18(26-27-28(19)3)17-7-6-15(9-23-17)24-20(29)14-10-31-11-14/h4-9,13-14H,10-11H2,1-3H3,(H,24,29)(H,25,30)/t13-/m1/s1. The van der Waals surface area contributed by atoms with Crippen LogP contribution in [0.1, 0.15) is 24.3 Å². The summed E-state index contributed by atoms with van der Waals surface area (Å²) in [6, 6.07) is 7.05. The van der Waals surface area contributed by atoms with Crippen LogP contribution >= 0.6 is 0 Å². The third-order valence-corrected chi connectivity index (χ3v) is 5.10. The average molecular weight is 437 g/mol. The number of amides is 2. The van der Waals surface area contributed by atoms with Gasteiger partial charge in [0.25, 0.3) is 0 Å². The van der Waals surface area contributed by atoms with Gasteiger partial charge in [-0.2, -0.15) is 0 Å². The number of aryl methyl sites for hydroxylation is 2. The maximum atomic E-state index is 12.5. The molecule has 4 rings (SSSR count). The Morgan fingerprint density at radius 1 is 1.22 bits per heavy atom. The predicted molar refractivity (Wildman–Crippen MR) is 115 cm³/mol. The van der Waals surface area contributed by atoms with E-state index in [1.54, 1.807) is 38.4 Å². The molecule has 32 heavy (non-hydrogen) atoms. The van der Waals surface area contributed by atoms with Gasteiger partial charge in [0.05, 0.1) is 36.7 Å². The van der Waals surface area contributed by atoms with Gasteiger partial charge in [0.2, 0.25) is 5.91 Å². The van der Waals surface area contributed by atoms with Crippen molar-refractivity contribution in [2.45, 2.75) is 20.0 Å². The van der Waals surface area contributed by atoms with E-state index in [1.807, 2.05) is 13.0 Å². The summed E-state index contributed by atoms with van der Waals surface area (Å²) in [4.78, 5) is 33.1. The molecule has 1 fully saturated rings. The summed E-state index contributed by atoms with van der Waals surface area (Å²) in [6.07, 6.45) is 2.07. The average Bonchev–Trinajstić information content (AvgIpc) is 3.07. The predicted octanol–water partition coefficient (Wildman–Crippen LogP) is 2.48. The maximum Gasteiger partial charge on any atom is 0.413 e. The van der Waals surface area contributed by atoms with Crippen LogP contribution in [-0.4, -0.2) is 50.2 Å². The zero-order chi connectivity index (χ0) is 22.7. The lowest BCUT2D eigenvalue weighted by Gasteiger charge is -2.24. The van der Waals surface area contributed by atoms with Crippen molar-refractivity contribution in [1.29, 1.82) is 0 Å². The van der Waals surface area contributed by atoms with E-state index in [0.29, 0.717) is 36.1 Å². The molecule has 1 atom stereocenters. The summed E-state index contributed by atoms with van der Waals surface area (Å²) in [5.41, 5.74) is 3.02. The van der Waals surface area contributed by atoms with E-state index in [-0.39, 0.29) is 11.8 Å². The molecule has 0 saturated carbocycles. The number of carbonyl (C=O) groups excluding carboxylic acids is 2. The van der Waals surface area contributed by atoms with Gasteiger partial charge < -0.3 is 14.8 Å². The molecule has 4 heterocycles. The summed E-state index contributed by atoms with van der Waals surface area (Å²) in [5.74, 6) is 0.101. The highest BCUT2D eigenvalue weighted by atomic mass is 16.6. The number of hydrogen-bond donors (Lipinski definition) is 2. The Hall–Kier alpha value is -3.86. The molecule has 1 saturated heterocycles. The minimum Gasteiger partial charge on any atom is -0.441 e. The van der Waals surface area contributed by atoms with Crippen molar-refractivity contribution in [3.05, 3.63) is 47.9 Å². The van der Waals surface area contributed by atoms with Gasteiger partial charge in [-0.1, -0.05) is 11.3 Å². The number of anilines is 2. The molecule has 0 aliphatic carbocycles. The Kier molecular flexibility index (Phi) is 6.08. The van der Waals surface area contributed by atoms with Crippen LogP contribution in [0.5, 0.6) is 0 Å². The van der Waals surface area contributed by atoms with Gasteiger partial charge >= 0.3 is 6.09 Å². The molecule has 3 aromatic rings. The molecule has 0 unspecified atom stereocenters. The molecule has 3 aromatic heterocycles. The topological polar surface area (TPSA) is 133 Å². The molecule has 11 nitrogen and oxygen atoms in total. The third kappa shape index (κ3) is 4.57. The molecular formula is C21H23N7O4. The van der Waals surface area contributed by atoms with Crippen molar-refractivity contribution in [2.75, 3.05) is 23.8 Å². The van der Waals surface area contributed by atoms with Crippen molar-refractivity contribution in [3.8, 4) is 11.4 Å². The Morgan fingerprint density at radius 2 is 2.03 bits per heavy atom. The molecular weight excluding hydrogens is 414 g/mol. The first-order valence-corrected chi connectivity index (χ1v) is 10.1. The summed E-state index contributed by atoms with van der Waals surface area (Å²) in [7, 11) is 1.65. The number of aromatic nitrogens is 5. The van der Waals surface area contributed by atoms with E-state index in [4.69, 9.17) is 9.47 Å². The molecule has 11 heteroatoms. The summed E-state index contributed by atoms with van der Waals surface area (Å²) >= 11 is 0. The highest BCUT2D eigenvalue weighted by Gasteiger charge is 2.26. The van der Waals surface area contributed by atoms with E-state index in [9.17, 15) is 9.59 Å². The van der Waals surface area contributed by atoms with Gasteiger partial charge in [-0.15, -0.1) is 5.10 Å². The van der Waals surface area contributed by atoms with Crippen molar-refractivity contribution in [3.63, 3.8) is 0 Å². The van der Waals surface area contributed by atoms with Gasteiger partial charge in [0.15, 0.2) is 11.5 Å². The minimum atomic E-state index is -0.654. The molecule has 166 valence electrons. The fraction of sp³-hybridized carbons (Fsp3) is 0.333. The van der Waals surface area contributed by atoms with Crippen LogP contribution in [0.25, 0.3) is 11.4 Å². The molecule has 0 aromatic carbocycles. The van der Waals surface area contributed by atoms with Gasteiger partial charge in [0, 0.05) is 24.5 Å². The van der Waals surface area contributed by atoms with Gasteiger partial charge in [-0.3, -0.25) is 20.1 Å². The van der Waals surface area contributed by atoms with Crippen molar-refractivity contribution in [1.82, 2.24) is 25.0 Å². The van der Waals surface area contributed by atoms with Crippen molar-refractivity contribution < 1.29 is 19.1 Å². The molecule has 0 radical (unpaired) electrons. The zero-order valence-corrected chi connectivity index (χ0v) is 17.9. The Balaban J connectivity index is 1.44. The van der Waals surface area contributed by atoms with Gasteiger partial charge in [-0.25, -0.2) is 9.48 Å². The van der Waals surface area contributed by atoms with Crippen LogP contribution < -0.4 is 10.6 Å². The van der Waals surface area contributed by atoms with Crippen LogP contribution in [0.3, 0.4) is 0 Å². The fourth-order valence-corrected chi connectivity index (χ4v) is 3.19. The number of nitrogens with one attached hydrogen (secondary N) is 2. The van der Waals surface area contributed by atoms with E-state index in [2.05, 4.69) is 30.9 Å². The Bertz CT molecular complexity index is 1130. The van der Waals surface area contributed by atoms with E-state index >= 15 is 0 Å². The lowest BCUT2D eigenvalue weighted by Crippen LogP contribution is -2.38. The number of hydrogen-bond acceptors (Lipinski definition) is 8. The maximum absolute atomic E-state index is 12.5. The number of ether oxygens (including phenoxy) is 2. The van der Waals surface area contributed by atoms with Crippen molar-refractivity contribution in [2.24, 2.45) is 13.0 Å². The first kappa shape index (κ1) is 21.4. The fourth-order valence-electron chi connectivity index (χ4n) is 3.19. The monoisotopic (exact) mass is 437 g/mol. The minimum absolute atomic E-state index is 0.103. The van der Waals surface area contributed by atoms with Gasteiger partial charge in [0.1, 0.15) is 6.10 Å². The van der Waals surface area contributed by atoms with Crippen LogP contribution in [-0.2, 0) is 21.3 Å². The summed E-state index contributed by atoms with van der Waals surface area (Å²) in [6.45, 7) is 4.49. The van der Waals surface area contributed by atoms with E-state index in [0.717, 1.165) is 11.3 Å². The molecule has 0 bridgehead atoms. The van der Waals surface area contributed by atoms with Crippen LogP contribution in [0.4, 0.5) is 16.3 Å². The second-order valence-corrected chi connectivity index (χ2v) is 7.42. The molecule has 1 aliphatic rings. The van der Waals surface area contributed by atoms with Crippen molar-refractivity contribution >= 4 is 23.5 Å². The second-order valence-electron chi connectivity index (χ2n) is 7.42. The first-order valence-electron chi connectivity index (χ1n) is 10.1. The van der Waals surface area contributed by atoms with Crippen LogP contribution in [0.15, 0.2) is 36.7 Å². The number of carbonyl (C=O) groups is 2. The van der Waals surface area contributed by atoms with E-state index in [1.165, 1.54) is 10.9 Å². The van der Waals surface area contributed by atoms with Gasteiger partial charge in [-0.05, 0) is 32.0 Å². The second kappa shape index (κ2) is 9.10. The Labute approximate surface area is 184 Å². The first-order chi connectivity index (χ1) is 15.4. The van der Waals surface area contributed by atoms with E-state index < -0.39 is 12.2 Å². The zero-order valence-electron chi connectivity index (χ0n) is 17.9. The molecule has 2 N–H and O–H groups in total. The van der Waals surface area contributed by atoms with Crippen LogP contribution in [0, 0.1) is 12.8 Å².